The Hall–Kier alpha value is -2.89. The molecule has 0 saturated heterocycles. The van der Waals surface area contributed by atoms with Gasteiger partial charge in [-0.1, -0.05) is 19.1 Å². The summed E-state index contributed by atoms with van der Waals surface area (Å²) in [5, 5.41) is 3.02. The molecule has 0 fully saturated rings. The van der Waals surface area contributed by atoms with Crippen LogP contribution in [0.3, 0.4) is 0 Å². The van der Waals surface area contributed by atoms with Crippen molar-refractivity contribution in [1.29, 1.82) is 0 Å². The summed E-state index contributed by atoms with van der Waals surface area (Å²) in [4.78, 5) is 37.7. The highest BCUT2D eigenvalue weighted by Crippen LogP contribution is 2.27. The van der Waals surface area contributed by atoms with Gasteiger partial charge in [-0.3, -0.25) is 18.7 Å². The summed E-state index contributed by atoms with van der Waals surface area (Å²) in [6, 6.07) is 4.09. The molecule has 1 aromatic carbocycles. The topological polar surface area (TPSA) is 73.1 Å². The first-order valence-corrected chi connectivity index (χ1v) is 8.71. The van der Waals surface area contributed by atoms with Crippen LogP contribution < -0.4 is 16.6 Å². The Labute approximate surface area is 151 Å². The first-order chi connectivity index (χ1) is 12.3. The molecule has 0 spiro atoms. The van der Waals surface area contributed by atoms with E-state index >= 15 is 0 Å². The van der Waals surface area contributed by atoms with E-state index in [9.17, 15) is 14.4 Å². The number of Topliss-reactive ketones (excluding diaryl/α,β-unsaturated/α-hetero) is 1. The molecule has 1 N–H and O–H groups in total. The number of anilines is 1. The van der Waals surface area contributed by atoms with Crippen LogP contribution in [-0.2, 0) is 13.6 Å². The van der Waals surface area contributed by atoms with Gasteiger partial charge in [-0.05, 0) is 55.5 Å². The second-order valence-corrected chi connectivity index (χ2v) is 6.83. The van der Waals surface area contributed by atoms with Crippen LogP contribution in [0.4, 0.5) is 5.82 Å². The van der Waals surface area contributed by atoms with E-state index in [-0.39, 0.29) is 11.3 Å². The van der Waals surface area contributed by atoms with E-state index in [0.717, 1.165) is 27.7 Å². The zero-order valence-electron chi connectivity index (χ0n) is 15.8. The van der Waals surface area contributed by atoms with Crippen molar-refractivity contribution in [2.45, 2.75) is 40.7 Å². The highest BCUT2D eigenvalue weighted by molar-refractivity contribution is 6.19. The molecule has 0 bridgehead atoms. The van der Waals surface area contributed by atoms with E-state index in [1.54, 1.807) is 6.08 Å². The number of hydrogen-bond acceptors (Lipinski definition) is 4. The summed E-state index contributed by atoms with van der Waals surface area (Å²) in [5.41, 5.74) is 3.65. The van der Waals surface area contributed by atoms with Crippen molar-refractivity contribution in [2.75, 3.05) is 5.32 Å². The van der Waals surface area contributed by atoms with E-state index in [2.05, 4.69) is 11.4 Å². The van der Waals surface area contributed by atoms with Crippen molar-refractivity contribution < 1.29 is 4.79 Å². The van der Waals surface area contributed by atoms with E-state index < -0.39 is 11.2 Å². The van der Waals surface area contributed by atoms with Crippen LogP contribution in [0.25, 0.3) is 6.08 Å². The highest BCUT2D eigenvalue weighted by Gasteiger charge is 2.32. The molecule has 6 nitrogen and oxygen atoms in total. The van der Waals surface area contributed by atoms with Crippen LogP contribution in [-0.4, -0.2) is 14.9 Å². The lowest BCUT2D eigenvalue weighted by molar-refractivity contribution is 0.104. The summed E-state index contributed by atoms with van der Waals surface area (Å²) >= 11 is 0. The molecule has 0 amide bonds. The summed E-state index contributed by atoms with van der Waals surface area (Å²) in [7, 11) is 1.40. The number of ketones is 1. The summed E-state index contributed by atoms with van der Waals surface area (Å²) in [5.74, 6) is -0.0687. The summed E-state index contributed by atoms with van der Waals surface area (Å²) < 4.78 is 2.46. The molecular formula is C20H23N3O3. The Bertz CT molecular complexity index is 1070. The molecule has 0 aliphatic carbocycles. The maximum atomic E-state index is 12.8. The maximum Gasteiger partial charge on any atom is 0.332 e. The monoisotopic (exact) mass is 353 g/mol. The Morgan fingerprint density at radius 3 is 2.35 bits per heavy atom. The molecule has 1 aliphatic heterocycles. The van der Waals surface area contributed by atoms with Crippen LogP contribution in [0.5, 0.6) is 0 Å². The Morgan fingerprint density at radius 1 is 1.04 bits per heavy atom. The lowest BCUT2D eigenvalue weighted by Crippen LogP contribution is -2.40. The number of nitrogens with zero attached hydrogens (tertiary/aromatic N) is 2. The van der Waals surface area contributed by atoms with Gasteiger partial charge in [0.15, 0.2) is 0 Å². The molecule has 1 aliphatic rings. The minimum absolute atomic E-state index is 0.0355. The van der Waals surface area contributed by atoms with Crippen molar-refractivity contribution in [3.05, 3.63) is 66.5 Å². The third kappa shape index (κ3) is 2.71. The van der Waals surface area contributed by atoms with Crippen LogP contribution >= 0.6 is 0 Å². The molecule has 2 aromatic rings. The zero-order chi connectivity index (χ0) is 19.2. The lowest BCUT2D eigenvalue weighted by atomic mass is 9.99. The molecule has 6 heteroatoms. The summed E-state index contributed by atoms with van der Waals surface area (Å²) in [6.45, 7) is 8.42. The number of aryl methyl sites for hydroxylation is 3. The van der Waals surface area contributed by atoms with E-state index in [0.29, 0.717) is 18.1 Å². The third-order valence-electron chi connectivity index (χ3n) is 4.90. The first kappa shape index (κ1) is 17.9. The molecule has 136 valence electrons. The number of aromatic nitrogens is 2. The SMILES string of the molecule is CCCn1c2c(c(=O)n(C)c1=O)C(=O)C(=Cc1cc(C)c(C)cc1C)N2. The van der Waals surface area contributed by atoms with Crippen molar-refractivity contribution >= 4 is 17.7 Å². The maximum absolute atomic E-state index is 12.8. The fourth-order valence-electron chi connectivity index (χ4n) is 3.25. The van der Waals surface area contributed by atoms with Gasteiger partial charge in [-0.2, -0.15) is 0 Å². The van der Waals surface area contributed by atoms with Crippen LogP contribution in [0.15, 0.2) is 27.4 Å². The fourth-order valence-corrected chi connectivity index (χ4v) is 3.25. The minimum Gasteiger partial charge on any atom is -0.338 e. The lowest BCUT2D eigenvalue weighted by Gasteiger charge is -2.11. The molecule has 0 atom stereocenters. The molecule has 26 heavy (non-hydrogen) atoms. The van der Waals surface area contributed by atoms with Crippen molar-refractivity contribution in [1.82, 2.24) is 9.13 Å². The van der Waals surface area contributed by atoms with E-state index in [4.69, 9.17) is 0 Å². The van der Waals surface area contributed by atoms with Crippen LogP contribution in [0.1, 0.15) is 46.0 Å². The number of fused-ring (bicyclic) bond motifs is 1. The van der Waals surface area contributed by atoms with Gasteiger partial charge in [0.25, 0.3) is 5.56 Å². The average molecular weight is 353 g/mol. The Morgan fingerprint density at radius 2 is 1.69 bits per heavy atom. The molecule has 0 saturated carbocycles. The normalized spacial score (nSPS) is 14.7. The zero-order valence-corrected chi connectivity index (χ0v) is 15.8. The van der Waals surface area contributed by atoms with Gasteiger partial charge in [0, 0.05) is 13.6 Å². The second kappa shape index (κ2) is 6.44. The van der Waals surface area contributed by atoms with E-state index in [1.165, 1.54) is 17.2 Å². The highest BCUT2D eigenvalue weighted by atomic mass is 16.2. The average Bonchev–Trinajstić information content (AvgIpc) is 2.91. The fraction of sp³-hybridized carbons (Fsp3) is 0.350. The number of carbonyl (C=O) groups excluding carboxylic acids is 1. The molecular weight excluding hydrogens is 330 g/mol. The molecule has 2 heterocycles. The number of nitrogens with one attached hydrogen (secondary N) is 1. The molecule has 0 radical (unpaired) electrons. The minimum atomic E-state index is -0.560. The van der Waals surface area contributed by atoms with Crippen LogP contribution in [0.2, 0.25) is 0 Å². The quantitative estimate of drug-likeness (QED) is 0.861. The van der Waals surface area contributed by atoms with Crippen molar-refractivity contribution in [2.24, 2.45) is 7.05 Å². The van der Waals surface area contributed by atoms with Gasteiger partial charge in [0.05, 0.1) is 5.70 Å². The number of allylic oxidation sites excluding steroid dienone is 1. The number of hydrogen-bond donors (Lipinski definition) is 1. The largest absolute Gasteiger partial charge is 0.338 e. The second-order valence-electron chi connectivity index (χ2n) is 6.83. The Kier molecular flexibility index (Phi) is 4.44. The van der Waals surface area contributed by atoms with Gasteiger partial charge in [0.1, 0.15) is 11.4 Å². The predicted octanol–water partition coefficient (Wildman–Crippen LogP) is 2.53. The van der Waals surface area contributed by atoms with Gasteiger partial charge < -0.3 is 5.32 Å². The molecule has 3 rings (SSSR count). The number of rotatable bonds is 3. The summed E-state index contributed by atoms with van der Waals surface area (Å²) in [6.07, 6.45) is 2.47. The van der Waals surface area contributed by atoms with Gasteiger partial charge >= 0.3 is 5.69 Å². The van der Waals surface area contributed by atoms with Gasteiger partial charge in [-0.15, -0.1) is 0 Å². The van der Waals surface area contributed by atoms with Gasteiger partial charge in [0.2, 0.25) is 5.78 Å². The molecule has 1 aromatic heterocycles. The van der Waals surface area contributed by atoms with Crippen molar-refractivity contribution in [3.8, 4) is 0 Å². The van der Waals surface area contributed by atoms with E-state index in [1.807, 2.05) is 33.8 Å². The van der Waals surface area contributed by atoms with Crippen LogP contribution in [0, 0.1) is 20.8 Å². The third-order valence-corrected chi connectivity index (χ3v) is 4.90. The van der Waals surface area contributed by atoms with Crippen molar-refractivity contribution in [3.63, 3.8) is 0 Å². The standard InChI is InChI=1S/C20H23N3O3/c1-6-7-23-18-16(19(25)22(5)20(23)26)17(24)15(21-18)10-14-9-12(3)11(2)8-13(14)4/h8-10,21H,6-7H2,1-5H3. The first-order valence-electron chi connectivity index (χ1n) is 8.71. The van der Waals surface area contributed by atoms with Gasteiger partial charge in [-0.25, -0.2) is 4.79 Å². The predicted molar refractivity (Wildman–Crippen MR) is 103 cm³/mol. The Balaban J connectivity index is 2.18. The molecule has 0 unspecified atom stereocenters. The number of carbonyl (C=O) groups is 1. The number of benzene rings is 1. The smallest absolute Gasteiger partial charge is 0.332 e.